The molecule has 0 amide bonds. The maximum absolute atomic E-state index is 10.3. The van der Waals surface area contributed by atoms with Crippen LogP contribution in [0.5, 0.6) is 0 Å². The second kappa shape index (κ2) is 3.75. The second-order valence-corrected chi connectivity index (χ2v) is 3.12. The molecular formula is C5H5ClN2O2S. The van der Waals surface area contributed by atoms with Gasteiger partial charge in [0.25, 0.3) is 0 Å². The van der Waals surface area contributed by atoms with Crippen LogP contribution in [0.4, 0.5) is 0 Å². The maximum Gasteiger partial charge on any atom is 0.159 e. The lowest BCUT2D eigenvalue weighted by molar-refractivity contribution is 0.562. The molecule has 0 radical (unpaired) electrons. The average molecular weight is 193 g/mol. The molecule has 0 aliphatic carbocycles. The average Bonchev–Trinajstić information content (AvgIpc) is 1.93. The van der Waals surface area contributed by atoms with Crippen LogP contribution in [-0.2, 0) is 16.8 Å². The largest absolute Gasteiger partial charge is 0.306 e. The third-order valence-electron chi connectivity index (χ3n) is 0.945. The van der Waals surface area contributed by atoms with Gasteiger partial charge in [-0.2, -0.15) is 0 Å². The number of hydrogen-bond acceptors (Lipinski definition) is 3. The van der Waals surface area contributed by atoms with E-state index in [0.717, 1.165) is 0 Å². The zero-order chi connectivity index (χ0) is 8.27. The quantitative estimate of drug-likeness (QED) is 0.706. The topological polar surface area (TPSA) is 63.1 Å². The summed E-state index contributed by atoms with van der Waals surface area (Å²) in [6.07, 6.45) is 2.71. The van der Waals surface area contributed by atoms with E-state index in [1.165, 1.54) is 12.4 Å². The van der Waals surface area contributed by atoms with Gasteiger partial charge in [-0.3, -0.25) is 4.98 Å². The molecule has 0 aliphatic rings. The molecule has 0 aromatic carbocycles. The van der Waals surface area contributed by atoms with Crippen LogP contribution in [0, 0.1) is 0 Å². The van der Waals surface area contributed by atoms with E-state index in [0.29, 0.717) is 5.69 Å². The van der Waals surface area contributed by atoms with Crippen molar-refractivity contribution in [1.29, 1.82) is 0 Å². The first-order valence-electron chi connectivity index (χ1n) is 2.72. The van der Waals surface area contributed by atoms with Crippen LogP contribution in [0.15, 0.2) is 12.4 Å². The fourth-order valence-corrected chi connectivity index (χ4v) is 1.04. The number of rotatable bonds is 2. The SMILES string of the molecule is O=S(O)Cc1cnc(Cl)cn1. The molecule has 0 fully saturated rings. The normalized spacial score (nSPS) is 12.9. The summed E-state index contributed by atoms with van der Waals surface area (Å²) in [4.78, 5) is 7.46. The number of aromatic nitrogens is 2. The molecule has 1 aromatic rings. The minimum absolute atomic E-state index is 0.00975. The lowest BCUT2D eigenvalue weighted by Crippen LogP contribution is -1.96. The zero-order valence-corrected chi connectivity index (χ0v) is 6.97. The molecule has 11 heavy (non-hydrogen) atoms. The zero-order valence-electron chi connectivity index (χ0n) is 5.40. The highest BCUT2D eigenvalue weighted by Gasteiger charge is 1.98. The summed E-state index contributed by atoms with van der Waals surface area (Å²) in [5.74, 6) is -0.00975. The van der Waals surface area contributed by atoms with Crippen molar-refractivity contribution in [3.63, 3.8) is 0 Å². The Bertz CT molecular complexity index is 264. The van der Waals surface area contributed by atoms with E-state index in [2.05, 4.69) is 9.97 Å². The number of nitrogens with zero attached hydrogens (tertiary/aromatic N) is 2. The minimum Gasteiger partial charge on any atom is -0.306 e. The van der Waals surface area contributed by atoms with Crippen LogP contribution < -0.4 is 0 Å². The fraction of sp³-hybridized carbons (Fsp3) is 0.200. The van der Waals surface area contributed by atoms with E-state index in [1.54, 1.807) is 0 Å². The van der Waals surface area contributed by atoms with E-state index in [9.17, 15) is 4.21 Å². The minimum atomic E-state index is -1.87. The lowest BCUT2D eigenvalue weighted by atomic mass is 10.5. The van der Waals surface area contributed by atoms with Crippen LogP contribution in [0.2, 0.25) is 5.15 Å². The predicted octanol–water partition coefficient (Wildman–Crippen LogP) is 0.852. The van der Waals surface area contributed by atoms with Crippen LogP contribution in [0.1, 0.15) is 5.69 Å². The lowest BCUT2D eigenvalue weighted by Gasteiger charge is -1.93. The Morgan fingerprint density at radius 2 is 2.27 bits per heavy atom. The summed E-state index contributed by atoms with van der Waals surface area (Å²) in [6, 6.07) is 0. The van der Waals surface area contributed by atoms with Crippen LogP contribution in [0.3, 0.4) is 0 Å². The Labute approximate surface area is 70.9 Å². The van der Waals surface area contributed by atoms with Crippen molar-refractivity contribution in [2.75, 3.05) is 0 Å². The summed E-state index contributed by atoms with van der Waals surface area (Å²) < 4.78 is 18.7. The highest BCUT2D eigenvalue weighted by Crippen LogP contribution is 2.02. The van der Waals surface area contributed by atoms with E-state index in [-0.39, 0.29) is 10.9 Å². The molecule has 1 aromatic heterocycles. The predicted molar refractivity (Wildman–Crippen MR) is 41.5 cm³/mol. The van der Waals surface area contributed by atoms with Gasteiger partial charge in [0.1, 0.15) is 5.15 Å². The molecule has 1 heterocycles. The fourth-order valence-electron chi connectivity index (χ4n) is 0.540. The molecule has 1 atom stereocenters. The molecular weight excluding hydrogens is 188 g/mol. The van der Waals surface area contributed by atoms with Crippen molar-refractivity contribution < 1.29 is 8.76 Å². The first kappa shape index (κ1) is 8.58. The van der Waals surface area contributed by atoms with Crippen molar-refractivity contribution in [3.8, 4) is 0 Å². The van der Waals surface area contributed by atoms with E-state index < -0.39 is 11.1 Å². The Morgan fingerprint density at radius 1 is 1.55 bits per heavy atom. The Kier molecular flexibility index (Phi) is 2.92. The van der Waals surface area contributed by atoms with Gasteiger partial charge in [-0.25, -0.2) is 9.19 Å². The molecule has 0 spiro atoms. The van der Waals surface area contributed by atoms with Crippen LogP contribution in [-0.4, -0.2) is 18.7 Å². The van der Waals surface area contributed by atoms with Crippen LogP contribution >= 0.6 is 11.6 Å². The van der Waals surface area contributed by atoms with Gasteiger partial charge in [-0.05, 0) is 0 Å². The Morgan fingerprint density at radius 3 is 2.73 bits per heavy atom. The maximum atomic E-state index is 10.3. The molecule has 60 valence electrons. The molecule has 0 saturated carbocycles. The van der Waals surface area contributed by atoms with E-state index >= 15 is 0 Å². The molecule has 1 unspecified atom stereocenters. The van der Waals surface area contributed by atoms with Crippen LogP contribution in [0.25, 0.3) is 0 Å². The van der Waals surface area contributed by atoms with Gasteiger partial charge < -0.3 is 4.55 Å². The molecule has 1 N–H and O–H groups in total. The highest BCUT2D eigenvalue weighted by molar-refractivity contribution is 7.78. The van der Waals surface area contributed by atoms with Crippen molar-refractivity contribution in [2.24, 2.45) is 0 Å². The van der Waals surface area contributed by atoms with Crippen molar-refractivity contribution in [1.82, 2.24) is 9.97 Å². The summed E-state index contributed by atoms with van der Waals surface area (Å²) in [6.45, 7) is 0. The summed E-state index contributed by atoms with van der Waals surface area (Å²) in [5, 5.41) is 0.275. The van der Waals surface area contributed by atoms with E-state index in [4.69, 9.17) is 16.2 Å². The van der Waals surface area contributed by atoms with Crippen molar-refractivity contribution in [3.05, 3.63) is 23.2 Å². The molecule has 0 bridgehead atoms. The van der Waals surface area contributed by atoms with Gasteiger partial charge in [-0.15, -0.1) is 0 Å². The van der Waals surface area contributed by atoms with Gasteiger partial charge in [0.2, 0.25) is 0 Å². The van der Waals surface area contributed by atoms with Crippen molar-refractivity contribution >= 4 is 22.7 Å². The van der Waals surface area contributed by atoms with Gasteiger partial charge in [0, 0.05) is 0 Å². The second-order valence-electron chi connectivity index (χ2n) is 1.80. The van der Waals surface area contributed by atoms with Gasteiger partial charge in [0.15, 0.2) is 11.1 Å². The molecule has 6 heteroatoms. The van der Waals surface area contributed by atoms with Crippen molar-refractivity contribution in [2.45, 2.75) is 5.75 Å². The van der Waals surface area contributed by atoms with Gasteiger partial charge >= 0.3 is 0 Å². The van der Waals surface area contributed by atoms with E-state index in [1.807, 2.05) is 0 Å². The highest BCUT2D eigenvalue weighted by atomic mass is 35.5. The standard InChI is InChI=1S/C5H5ClN2O2S/c6-5-2-7-4(1-8-5)3-11(9)10/h1-2H,3H2,(H,9,10). The first-order chi connectivity index (χ1) is 5.18. The third-order valence-corrected chi connectivity index (χ3v) is 1.68. The molecule has 0 aliphatic heterocycles. The monoisotopic (exact) mass is 192 g/mol. The molecule has 0 saturated heterocycles. The Hall–Kier alpha value is -0.520. The van der Waals surface area contributed by atoms with Gasteiger partial charge in [-0.1, -0.05) is 11.6 Å². The number of halogens is 1. The number of hydrogen-bond donors (Lipinski definition) is 1. The molecule has 4 nitrogen and oxygen atoms in total. The smallest absolute Gasteiger partial charge is 0.159 e. The Balaban J connectivity index is 2.74. The first-order valence-corrected chi connectivity index (χ1v) is 4.38. The van der Waals surface area contributed by atoms with Gasteiger partial charge in [0.05, 0.1) is 23.8 Å². The summed E-state index contributed by atoms with van der Waals surface area (Å²) in [7, 11) is 0. The third kappa shape index (κ3) is 2.92. The summed E-state index contributed by atoms with van der Waals surface area (Å²) in [5.41, 5.74) is 0.454. The summed E-state index contributed by atoms with van der Waals surface area (Å²) >= 11 is 3.57. The molecule has 1 rings (SSSR count).